The van der Waals surface area contributed by atoms with Gasteiger partial charge in [0, 0.05) is 17.8 Å². The molecule has 0 aliphatic carbocycles. The normalized spacial score (nSPS) is 10.5. The quantitative estimate of drug-likeness (QED) is 0.755. The maximum Gasteiger partial charge on any atom is 0.335 e. The van der Waals surface area contributed by atoms with E-state index in [0.29, 0.717) is 18.5 Å². The van der Waals surface area contributed by atoms with E-state index >= 15 is 0 Å². The van der Waals surface area contributed by atoms with Crippen LogP contribution in [0.2, 0.25) is 0 Å². The Bertz CT molecular complexity index is 672. The summed E-state index contributed by atoms with van der Waals surface area (Å²) in [5, 5.41) is 18.8. The predicted octanol–water partition coefficient (Wildman–Crippen LogP) is 1.63. The molecular weight excluding hydrogens is 282 g/mol. The number of rotatable bonds is 6. The zero-order valence-electron chi connectivity index (χ0n) is 12.6. The van der Waals surface area contributed by atoms with Crippen LogP contribution in [0.25, 0.3) is 0 Å². The van der Waals surface area contributed by atoms with E-state index in [1.165, 1.54) is 0 Å². The second kappa shape index (κ2) is 6.89. The van der Waals surface area contributed by atoms with Gasteiger partial charge in [-0.1, -0.05) is 18.2 Å². The molecule has 1 aromatic heterocycles. The predicted molar refractivity (Wildman–Crippen MR) is 81.9 cm³/mol. The van der Waals surface area contributed by atoms with Crippen molar-refractivity contribution in [2.45, 2.75) is 26.7 Å². The number of carbonyl (C=O) groups excluding carboxylic acids is 1. The molecule has 1 aromatic carbocycles. The summed E-state index contributed by atoms with van der Waals surface area (Å²) >= 11 is 0. The van der Waals surface area contributed by atoms with Crippen LogP contribution >= 0.6 is 0 Å². The molecule has 0 fully saturated rings. The van der Waals surface area contributed by atoms with Crippen molar-refractivity contribution < 1.29 is 14.7 Å². The SMILES string of the molecule is Cc1n[nH]c(C)c1CC(=O)NCCc1ccccc1C(=O)O. The van der Waals surface area contributed by atoms with Crippen LogP contribution in [0, 0.1) is 13.8 Å². The van der Waals surface area contributed by atoms with Gasteiger partial charge in [0.1, 0.15) is 0 Å². The summed E-state index contributed by atoms with van der Waals surface area (Å²) in [6.07, 6.45) is 0.756. The molecule has 6 heteroatoms. The van der Waals surface area contributed by atoms with Crippen molar-refractivity contribution in [3.8, 4) is 0 Å². The maximum atomic E-state index is 12.0. The molecule has 3 N–H and O–H groups in total. The fourth-order valence-electron chi connectivity index (χ4n) is 2.34. The Morgan fingerprint density at radius 2 is 2.00 bits per heavy atom. The van der Waals surface area contributed by atoms with Gasteiger partial charge in [-0.05, 0) is 31.9 Å². The Kier molecular flexibility index (Phi) is 4.93. The summed E-state index contributed by atoms with van der Waals surface area (Å²) in [5.74, 6) is -1.05. The van der Waals surface area contributed by atoms with Crippen LogP contribution < -0.4 is 5.32 Å². The first-order valence-corrected chi connectivity index (χ1v) is 7.07. The molecule has 0 saturated heterocycles. The number of carboxylic acid groups (broad SMARTS) is 1. The highest BCUT2D eigenvalue weighted by Crippen LogP contribution is 2.11. The molecule has 2 aromatic rings. The molecule has 0 bridgehead atoms. The molecule has 1 amide bonds. The highest BCUT2D eigenvalue weighted by Gasteiger charge is 2.12. The first-order valence-electron chi connectivity index (χ1n) is 7.07. The van der Waals surface area contributed by atoms with Crippen LogP contribution in [0.4, 0.5) is 0 Å². The molecule has 0 saturated carbocycles. The Morgan fingerprint density at radius 3 is 2.64 bits per heavy atom. The van der Waals surface area contributed by atoms with Crippen molar-refractivity contribution in [2.75, 3.05) is 6.54 Å². The molecular formula is C16H19N3O3. The number of hydrogen-bond acceptors (Lipinski definition) is 3. The molecule has 0 unspecified atom stereocenters. The molecule has 22 heavy (non-hydrogen) atoms. The first-order chi connectivity index (χ1) is 10.5. The number of aromatic amines is 1. The lowest BCUT2D eigenvalue weighted by Gasteiger charge is -2.08. The number of aryl methyl sites for hydroxylation is 2. The average molecular weight is 301 g/mol. The van der Waals surface area contributed by atoms with Gasteiger partial charge in [0.15, 0.2) is 0 Å². The smallest absolute Gasteiger partial charge is 0.335 e. The van der Waals surface area contributed by atoms with Crippen molar-refractivity contribution in [2.24, 2.45) is 0 Å². The van der Waals surface area contributed by atoms with E-state index in [4.69, 9.17) is 5.11 Å². The topological polar surface area (TPSA) is 95.1 Å². The van der Waals surface area contributed by atoms with Crippen LogP contribution in [0.3, 0.4) is 0 Å². The van der Waals surface area contributed by atoms with E-state index in [0.717, 1.165) is 17.0 Å². The van der Waals surface area contributed by atoms with Gasteiger partial charge >= 0.3 is 5.97 Å². The molecule has 0 atom stereocenters. The summed E-state index contributed by atoms with van der Waals surface area (Å²) in [7, 11) is 0. The van der Waals surface area contributed by atoms with Crippen LogP contribution in [-0.2, 0) is 17.6 Å². The standard InChI is InChI=1S/C16H19N3O3/c1-10-14(11(2)19-18-10)9-15(20)17-8-7-12-5-3-4-6-13(12)16(21)22/h3-6H,7-9H2,1-2H3,(H,17,20)(H,18,19)(H,21,22). The number of nitrogens with one attached hydrogen (secondary N) is 2. The number of H-pyrrole nitrogens is 1. The molecule has 0 radical (unpaired) electrons. The Balaban J connectivity index is 1.89. The number of amides is 1. The van der Waals surface area contributed by atoms with Crippen LogP contribution in [0.5, 0.6) is 0 Å². The minimum Gasteiger partial charge on any atom is -0.478 e. The zero-order valence-corrected chi connectivity index (χ0v) is 12.6. The highest BCUT2D eigenvalue weighted by molar-refractivity contribution is 5.89. The van der Waals surface area contributed by atoms with Gasteiger partial charge in [0.05, 0.1) is 17.7 Å². The third-order valence-electron chi connectivity index (χ3n) is 3.58. The maximum absolute atomic E-state index is 12.0. The fraction of sp³-hybridized carbons (Fsp3) is 0.312. The fourth-order valence-corrected chi connectivity index (χ4v) is 2.34. The van der Waals surface area contributed by atoms with Crippen molar-refractivity contribution in [1.29, 1.82) is 0 Å². The summed E-state index contributed by atoms with van der Waals surface area (Å²) < 4.78 is 0. The Morgan fingerprint density at radius 1 is 1.27 bits per heavy atom. The van der Waals surface area contributed by atoms with Crippen LogP contribution in [0.1, 0.15) is 32.9 Å². The zero-order chi connectivity index (χ0) is 16.1. The minimum absolute atomic E-state index is 0.0968. The lowest BCUT2D eigenvalue weighted by Crippen LogP contribution is -2.28. The monoisotopic (exact) mass is 301 g/mol. The van der Waals surface area contributed by atoms with Gasteiger partial charge in [-0.25, -0.2) is 4.79 Å². The van der Waals surface area contributed by atoms with Gasteiger partial charge in [-0.2, -0.15) is 5.10 Å². The minimum atomic E-state index is -0.952. The number of carboxylic acids is 1. The summed E-state index contributed by atoms with van der Waals surface area (Å²) in [6, 6.07) is 6.81. The van der Waals surface area contributed by atoms with Gasteiger partial charge in [-0.3, -0.25) is 9.89 Å². The third-order valence-corrected chi connectivity index (χ3v) is 3.58. The van der Waals surface area contributed by atoms with E-state index in [2.05, 4.69) is 15.5 Å². The van der Waals surface area contributed by atoms with Crippen molar-refractivity contribution in [3.05, 3.63) is 52.3 Å². The molecule has 116 valence electrons. The first kappa shape index (κ1) is 15.8. The summed E-state index contributed by atoms with van der Waals surface area (Å²) in [6.45, 7) is 4.14. The highest BCUT2D eigenvalue weighted by atomic mass is 16.4. The largest absolute Gasteiger partial charge is 0.478 e. The third kappa shape index (κ3) is 3.72. The van der Waals surface area contributed by atoms with Gasteiger partial charge < -0.3 is 10.4 Å². The van der Waals surface area contributed by atoms with E-state index in [9.17, 15) is 9.59 Å². The Hall–Kier alpha value is -2.63. The number of nitrogens with zero attached hydrogens (tertiary/aromatic N) is 1. The summed E-state index contributed by atoms with van der Waals surface area (Å²) in [5.41, 5.74) is 3.61. The van der Waals surface area contributed by atoms with E-state index in [1.54, 1.807) is 24.3 Å². The van der Waals surface area contributed by atoms with Gasteiger partial charge in [-0.15, -0.1) is 0 Å². The molecule has 2 rings (SSSR count). The van der Waals surface area contributed by atoms with Gasteiger partial charge in [0.25, 0.3) is 0 Å². The van der Waals surface area contributed by atoms with Crippen LogP contribution in [-0.4, -0.2) is 33.7 Å². The second-order valence-corrected chi connectivity index (χ2v) is 5.15. The molecule has 1 heterocycles. The average Bonchev–Trinajstić information content (AvgIpc) is 2.79. The molecule has 0 aliphatic heterocycles. The number of carbonyl (C=O) groups is 2. The lowest BCUT2D eigenvalue weighted by atomic mass is 10.0. The van der Waals surface area contributed by atoms with Crippen molar-refractivity contribution >= 4 is 11.9 Å². The van der Waals surface area contributed by atoms with Crippen LogP contribution in [0.15, 0.2) is 24.3 Å². The van der Waals surface area contributed by atoms with E-state index < -0.39 is 5.97 Å². The van der Waals surface area contributed by atoms with Crippen molar-refractivity contribution in [1.82, 2.24) is 15.5 Å². The lowest BCUT2D eigenvalue weighted by molar-refractivity contribution is -0.120. The van der Waals surface area contributed by atoms with Crippen molar-refractivity contribution in [3.63, 3.8) is 0 Å². The van der Waals surface area contributed by atoms with Gasteiger partial charge in [0.2, 0.25) is 5.91 Å². The number of aromatic carboxylic acids is 1. The molecule has 6 nitrogen and oxygen atoms in total. The van der Waals surface area contributed by atoms with E-state index in [-0.39, 0.29) is 17.9 Å². The number of aromatic nitrogens is 2. The summed E-state index contributed by atoms with van der Waals surface area (Å²) in [4.78, 5) is 23.1. The number of hydrogen-bond donors (Lipinski definition) is 3. The molecule has 0 spiro atoms. The Labute approximate surface area is 128 Å². The molecule has 0 aliphatic rings. The second-order valence-electron chi connectivity index (χ2n) is 5.15. The number of benzene rings is 1. The van der Waals surface area contributed by atoms with E-state index in [1.807, 2.05) is 13.8 Å².